The van der Waals surface area contributed by atoms with Crippen molar-refractivity contribution < 1.29 is 14.3 Å². The zero-order chi connectivity index (χ0) is 21.3. The van der Waals surface area contributed by atoms with Crippen LogP contribution in [0.5, 0.6) is 11.5 Å². The number of hydrogen-bond donors (Lipinski definition) is 0. The number of ketones is 1. The second-order valence-electron chi connectivity index (χ2n) is 6.50. The summed E-state index contributed by atoms with van der Waals surface area (Å²) < 4.78 is 13.3. The minimum atomic E-state index is -0.606. The lowest BCUT2D eigenvalue weighted by Gasteiger charge is -2.13. The highest BCUT2D eigenvalue weighted by atomic mass is 32.1. The monoisotopic (exact) mass is 422 g/mol. The van der Waals surface area contributed by atoms with Crippen LogP contribution in [0.4, 0.5) is 0 Å². The first kappa shape index (κ1) is 19.7. The van der Waals surface area contributed by atoms with Gasteiger partial charge in [-0.3, -0.25) is 14.2 Å². The predicted octanol–water partition coefficient (Wildman–Crippen LogP) is 3.11. The number of benzene rings is 2. The first-order chi connectivity index (χ1) is 14.5. The Kier molecular flexibility index (Phi) is 5.24. The van der Waals surface area contributed by atoms with Gasteiger partial charge < -0.3 is 9.47 Å². The number of aromatic nitrogens is 2. The molecule has 7 nitrogen and oxygen atoms in total. The van der Waals surface area contributed by atoms with E-state index in [2.05, 4.69) is 0 Å². The molecule has 0 amide bonds. The second-order valence-corrected chi connectivity index (χ2v) is 7.42. The predicted molar refractivity (Wildman–Crippen MR) is 116 cm³/mol. The van der Waals surface area contributed by atoms with E-state index < -0.39 is 11.2 Å². The minimum Gasteiger partial charge on any atom is -0.497 e. The summed E-state index contributed by atoms with van der Waals surface area (Å²) in [4.78, 5) is 39.3. The summed E-state index contributed by atoms with van der Waals surface area (Å²) in [6.45, 7) is -0.183. The van der Waals surface area contributed by atoms with Crippen LogP contribution in [0.25, 0.3) is 15.9 Å². The zero-order valence-electron chi connectivity index (χ0n) is 16.3. The van der Waals surface area contributed by atoms with Crippen LogP contribution in [0.3, 0.4) is 0 Å². The van der Waals surface area contributed by atoms with E-state index in [-0.39, 0.29) is 12.3 Å². The van der Waals surface area contributed by atoms with Crippen molar-refractivity contribution in [2.75, 3.05) is 14.2 Å². The Morgan fingerprint density at radius 2 is 1.63 bits per heavy atom. The van der Waals surface area contributed by atoms with E-state index in [1.807, 2.05) is 6.07 Å². The number of methoxy groups -OCH3 is 2. The number of rotatable bonds is 6. The van der Waals surface area contributed by atoms with Crippen molar-refractivity contribution in [2.45, 2.75) is 6.54 Å². The Hall–Kier alpha value is -3.65. The molecule has 0 saturated heterocycles. The molecule has 0 aliphatic rings. The van der Waals surface area contributed by atoms with Crippen LogP contribution < -0.4 is 20.7 Å². The quantitative estimate of drug-likeness (QED) is 0.446. The molecule has 4 aromatic rings. The number of Topliss-reactive ketones (excluding diaryl/α,β-unsaturated/α-hetero) is 1. The lowest BCUT2D eigenvalue weighted by atomic mass is 10.1. The maximum atomic E-state index is 13.4. The van der Waals surface area contributed by atoms with Crippen molar-refractivity contribution in [2.24, 2.45) is 0 Å². The number of hydrogen-bond acceptors (Lipinski definition) is 6. The lowest BCUT2D eigenvalue weighted by molar-refractivity contribution is 0.0971. The summed E-state index contributed by atoms with van der Waals surface area (Å²) in [6, 6.07) is 15.2. The smallest absolute Gasteiger partial charge is 0.336 e. The highest BCUT2D eigenvalue weighted by Gasteiger charge is 2.19. The molecule has 0 aliphatic heterocycles. The Morgan fingerprint density at radius 1 is 0.967 bits per heavy atom. The summed E-state index contributed by atoms with van der Waals surface area (Å²) >= 11 is 1.22. The molecule has 0 spiro atoms. The Labute approximate surface area is 175 Å². The van der Waals surface area contributed by atoms with Gasteiger partial charge in [0, 0.05) is 23.8 Å². The van der Waals surface area contributed by atoms with Gasteiger partial charge in [-0.25, -0.2) is 9.36 Å². The van der Waals surface area contributed by atoms with E-state index in [1.165, 1.54) is 30.1 Å². The van der Waals surface area contributed by atoms with Crippen LogP contribution in [0.2, 0.25) is 0 Å². The van der Waals surface area contributed by atoms with Crippen molar-refractivity contribution in [3.05, 3.63) is 86.4 Å². The van der Waals surface area contributed by atoms with Gasteiger partial charge in [0.25, 0.3) is 5.56 Å². The van der Waals surface area contributed by atoms with E-state index >= 15 is 0 Å². The molecule has 0 saturated carbocycles. The van der Waals surface area contributed by atoms with Crippen molar-refractivity contribution >= 4 is 27.3 Å². The Bertz CT molecular complexity index is 1330. The first-order valence-corrected chi connectivity index (χ1v) is 9.96. The number of carbonyl (C=O) groups excluding carboxylic acids is 1. The molecule has 2 aromatic carbocycles. The molecular formula is C22H18N2O5S. The molecule has 152 valence electrons. The maximum absolute atomic E-state index is 13.4. The maximum Gasteiger partial charge on any atom is 0.336 e. The lowest BCUT2D eigenvalue weighted by Crippen LogP contribution is -2.39. The van der Waals surface area contributed by atoms with Crippen LogP contribution >= 0.6 is 11.3 Å². The number of nitrogens with zero attached hydrogens (tertiary/aromatic N) is 2. The molecule has 8 heteroatoms. The standard InChI is InChI=1S/C22H18N2O5S/c1-28-16-10-15(11-17(12-16)29-2)24-21(26)20-18(8-9-30-20)23(22(24)27)13-19(25)14-6-4-3-5-7-14/h3-12H,13H2,1-2H3. The van der Waals surface area contributed by atoms with Gasteiger partial charge >= 0.3 is 5.69 Å². The molecule has 0 radical (unpaired) electrons. The summed E-state index contributed by atoms with van der Waals surface area (Å²) in [7, 11) is 2.97. The van der Waals surface area contributed by atoms with Crippen LogP contribution in [0.1, 0.15) is 10.4 Å². The highest BCUT2D eigenvalue weighted by molar-refractivity contribution is 7.17. The van der Waals surface area contributed by atoms with Crippen LogP contribution in [0.15, 0.2) is 69.6 Å². The largest absolute Gasteiger partial charge is 0.497 e. The number of fused-ring (bicyclic) bond motifs is 1. The van der Waals surface area contributed by atoms with Gasteiger partial charge in [0.1, 0.15) is 16.2 Å². The number of carbonyl (C=O) groups is 1. The average molecular weight is 422 g/mol. The second kappa shape index (κ2) is 8.00. The van der Waals surface area contributed by atoms with E-state index in [0.717, 1.165) is 4.57 Å². The van der Waals surface area contributed by atoms with E-state index in [4.69, 9.17) is 9.47 Å². The molecule has 0 aliphatic carbocycles. The van der Waals surface area contributed by atoms with Gasteiger partial charge in [0.2, 0.25) is 0 Å². The number of ether oxygens (including phenoxy) is 2. The Morgan fingerprint density at radius 3 is 2.27 bits per heavy atom. The van der Waals surface area contributed by atoms with Crippen molar-refractivity contribution in [1.82, 2.24) is 9.13 Å². The van der Waals surface area contributed by atoms with Gasteiger partial charge in [-0.05, 0) is 11.4 Å². The van der Waals surface area contributed by atoms with Crippen molar-refractivity contribution in [3.63, 3.8) is 0 Å². The molecule has 0 unspecified atom stereocenters. The summed E-state index contributed by atoms with van der Waals surface area (Å²) in [5.74, 6) is 0.654. The SMILES string of the molecule is COc1cc(OC)cc(-n2c(=O)c3sccc3n(CC(=O)c3ccccc3)c2=O)c1. The topological polar surface area (TPSA) is 79.5 Å². The summed E-state index contributed by atoms with van der Waals surface area (Å²) in [5, 5.41) is 1.73. The molecule has 2 aromatic heterocycles. The highest BCUT2D eigenvalue weighted by Crippen LogP contribution is 2.24. The van der Waals surface area contributed by atoms with Gasteiger partial charge in [-0.1, -0.05) is 30.3 Å². The van der Waals surface area contributed by atoms with Gasteiger partial charge in [-0.2, -0.15) is 0 Å². The third-order valence-corrected chi connectivity index (χ3v) is 5.64. The summed E-state index contributed by atoms with van der Waals surface area (Å²) in [5.41, 5.74) is 0.172. The third-order valence-electron chi connectivity index (χ3n) is 4.75. The van der Waals surface area contributed by atoms with Crippen molar-refractivity contribution in [1.29, 1.82) is 0 Å². The van der Waals surface area contributed by atoms with Crippen molar-refractivity contribution in [3.8, 4) is 17.2 Å². The fraction of sp³-hybridized carbons (Fsp3) is 0.136. The molecule has 0 fully saturated rings. The molecule has 0 atom stereocenters. The zero-order valence-corrected chi connectivity index (χ0v) is 17.1. The normalized spacial score (nSPS) is 10.9. The first-order valence-electron chi connectivity index (χ1n) is 9.08. The molecule has 0 bridgehead atoms. The van der Waals surface area contributed by atoms with E-state index in [1.54, 1.807) is 53.9 Å². The molecule has 2 heterocycles. The molecular weight excluding hydrogens is 404 g/mol. The minimum absolute atomic E-state index is 0.183. The molecule has 0 N–H and O–H groups in total. The summed E-state index contributed by atoms with van der Waals surface area (Å²) in [6.07, 6.45) is 0. The van der Waals surface area contributed by atoms with Gasteiger partial charge in [0.05, 0.1) is 32.0 Å². The van der Waals surface area contributed by atoms with Gasteiger partial charge in [0.15, 0.2) is 5.78 Å². The van der Waals surface area contributed by atoms with Gasteiger partial charge in [-0.15, -0.1) is 11.3 Å². The fourth-order valence-electron chi connectivity index (χ4n) is 3.25. The van der Waals surface area contributed by atoms with E-state index in [9.17, 15) is 14.4 Å². The number of thiophene rings is 1. The van der Waals surface area contributed by atoms with Crippen LogP contribution in [0, 0.1) is 0 Å². The van der Waals surface area contributed by atoms with Crippen LogP contribution in [-0.2, 0) is 6.54 Å². The average Bonchev–Trinajstić information content (AvgIpc) is 3.27. The molecule has 30 heavy (non-hydrogen) atoms. The third kappa shape index (κ3) is 3.42. The fourth-order valence-corrected chi connectivity index (χ4v) is 4.07. The van der Waals surface area contributed by atoms with E-state index in [0.29, 0.717) is 33.0 Å². The molecule has 4 rings (SSSR count). The Balaban J connectivity index is 1.94. The van der Waals surface area contributed by atoms with Crippen LogP contribution in [-0.4, -0.2) is 29.1 Å².